The lowest BCUT2D eigenvalue weighted by molar-refractivity contribution is -0.120. The Morgan fingerprint density at radius 3 is 1.10 bits per heavy atom. The molecule has 6 aromatic rings. The number of phenolic OH excluding ortho intramolecular Hbond substituents is 2. The maximum absolute atomic E-state index is 14.9. The standard InChI is InChI=1S/C45H42O7/c46-41-31-37(51-29-13-27-49-35-19-9-3-10-20-35)23-25-39(41)43(33-15-5-1-6-16-33)45(48)44(34-17-7-2-8-18-34)40-26-24-38(32-42(40)47)52-30-14-28-50-36-21-11-4-12-22-36/h1-12,15-26,31-32,43-44,46-47H,13-14,27-30H2. The van der Waals surface area contributed by atoms with Crippen LogP contribution in [0.3, 0.4) is 0 Å². The van der Waals surface area contributed by atoms with Gasteiger partial charge in [0.05, 0.1) is 38.3 Å². The van der Waals surface area contributed by atoms with Crippen LogP contribution in [0, 0.1) is 0 Å². The molecule has 0 heterocycles. The van der Waals surface area contributed by atoms with Gasteiger partial charge in [-0.3, -0.25) is 4.79 Å². The number of para-hydroxylation sites is 2. The monoisotopic (exact) mass is 694 g/mol. The predicted octanol–water partition coefficient (Wildman–Crippen LogP) is 9.33. The van der Waals surface area contributed by atoms with Crippen LogP contribution in [-0.4, -0.2) is 42.4 Å². The molecule has 2 N–H and O–H groups in total. The Kier molecular flexibility index (Phi) is 12.4. The average molecular weight is 695 g/mol. The second-order valence-electron chi connectivity index (χ2n) is 12.3. The summed E-state index contributed by atoms with van der Waals surface area (Å²) in [4.78, 5) is 14.9. The summed E-state index contributed by atoms with van der Waals surface area (Å²) < 4.78 is 23.3. The Morgan fingerprint density at radius 1 is 0.423 bits per heavy atom. The molecule has 2 unspecified atom stereocenters. The van der Waals surface area contributed by atoms with Crippen LogP contribution in [0.1, 0.15) is 46.9 Å². The average Bonchev–Trinajstić information content (AvgIpc) is 3.18. The number of ketones is 1. The molecule has 0 bridgehead atoms. The second kappa shape index (κ2) is 18.2. The Labute approximate surface area is 304 Å². The molecule has 7 heteroatoms. The normalized spacial score (nSPS) is 12.0. The third kappa shape index (κ3) is 9.52. The fraction of sp³-hybridized carbons (Fsp3) is 0.178. The molecule has 0 fully saturated rings. The second-order valence-corrected chi connectivity index (χ2v) is 12.3. The third-order valence-corrected chi connectivity index (χ3v) is 8.60. The van der Waals surface area contributed by atoms with Gasteiger partial charge < -0.3 is 29.2 Å². The van der Waals surface area contributed by atoms with Gasteiger partial charge >= 0.3 is 0 Å². The molecule has 52 heavy (non-hydrogen) atoms. The van der Waals surface area contributed by atoms with Crippen molar-refractivity contribution in [1.29, 1.82) is 0 Å². The van der Waals surface area contributed by atoms with Crippen molar-refractivity contribution >= 4 is 5.78 Å². The minimum Gasteiger partial charge on any atom is -0.507 e. The van der Waals surface area contributed by atoms with Crippen LogP contribution >= 0.6 is 0 Å². The maximum Gasteiger partial charge on any atom is 0.156 e. The predicted molar refractivity (Wildman–Crippen MR) is 202 cm³/mol. The lowest BCUT2D eigenvalue weighted by Crippen LogP contribution is -2.23. The number of carbonyl (C=O) groups is 1. The number of hydrogen-bond donors (Lipinski definition) is 2. The summed E-state index contributed by atoms with van der Waals surface area (Å²) in [5, 5.41) is 22.8. The van der Waals surface area contributed by atoms with Gasteiger partial charge in [0, 0.05) is 36.1 Å². The van der Waals surface area contributed by atoms with Gasteiger partial charge in [0.15, 0.2) is 5.78 Å². The van der Waals surface area contributed by atoms with Gasteiger partial charge in [0.25, 0.3) is 0 Å². The van der Waals surface area contributed by atoms with Crippen LogP contribution in [0.5, 0.6) is 34.5 Å². The molecular formula is C45H42O7. The molecule has 0 spiro atoms. The fourth-order valence-electron chi connectivity index (χ4n) is 6.08. The Morgan fingerprint density at radius 2 is 0.750 bits per heavy atom. The van der Waals surface area contributed by atoms with Gasteiger partial charge in [0.1, 0.15) is 34.5 Å². The van der Waals surface area contributed by atoms with Crippen LogP contribution in [0.2, 0.25) is 0 Å². The Balaban J connectivity index is 1.19. The van der Waals surface area contributed by atoms with E-state index in [2.05, 4.69) is 0 Å². The number of hydrogen-bond acceptors (Lipinski definition) is 7. The third-order valence-electron chi connectivity index (χ3n) is 8.60. The summed E-state index contributed by atoms with van der Waals surface area (Å²) in [6.07, 6.45) is 1.30. The van der Waals surface area contributed by atoms with E-state index in [9.17, 15) is 15.0 Å². The first kappa shape index (κ1) is 35.6. The van der Waals surface area contributed by atoms with Crippen molar-refractivity contribution in [3.05, 3.63) is 180 Å². The molecule has 0 aliphatic rings. The molecule has 0 saturated heterocycles. The van der Waals surface area contributed by atoms with Gasteiger partial charge in [-0.1, -0.05) is 109 Å². The molecule has 0 radical (unpaired) electrons. The van der Waals surface area contributed by atoms with E-state index in [0.717, 1.165) is 11.5 Å². The number of Topliss-reactive ketones (excluding diaryl/α,β-unsaturated/α-hetero) is 1. The molecule has 0 aliphatic heterocycles. The molecule has 6 aromatic carbocycles. The van der Waals surface area contributed by atoms with Gasteiger partial charge in [-0.25, -0.2) is 0 Å². The molecular weight excluding hydrogens is 652 g/mol. The van der Waals surface area contributed by atoms with Crippen molar-refractivity contribution in [3.8, 4) is 34.5 Å². The quantitative estimate of drug-likeness (QED) is 0.0866. The summed E-state index contributed by atoms with van der Waals surface area (Å²) in [6, 6.07) is 48.0. The Hall–Kier alpha value is -6.21. The van der Waals surface area contributed by atoms with E-state index in [-0.39, 0.29) is 17.3 Å². The molecule has 264 valence electrons. The smallest absolute Gasteiger partial charge is 0.156 e. The van der Waals surface area contributed by atoms with Gasteiger partial charge in [-0.05, 0) is 47.5 Å². The highest BCUT2D eigenvalue weighted by atomic mass is 16.5. The minimum absolute atomic E-state index is 0.0590. The summed E-state index contributed by atoms with van der Waals surface area (Å²) >= 11 is 0. The van der Waals surface area contributed by atoms with E-state index in [4.69, 9.17) is 18.9 Å². The highest BCUT2D eigenvalue weighted by Crippen LogP contribution is 2.42. The number of aromatic hydroxyl groups is 2. The van der Waals surface area contributed by atoms with Crippen molar-refractivity contribution in [2.45, 2.75) is 24.7 Å². The molecule has 0 aromatic heterocycles. The van der Waals surface area contributed by atoms with Crippen molar-refractivity contribution in [2.24, 2.45) is 0 Å². The van der Waals surface area contributed by atoms with Gasteiger partial charge in [-0.15, -0.1) is 0 Å². The van der Waals surface area contributed by atoms with Crippen molar-refractivity contribution in [3.63, 3.8) is 0 Å². The van der Waals surface area contributed by atoms with Crippen molar-refractivity contribution in [2.75, 3.05) is 26.4 Å². The summed E-state index contributed by atoms with van der Waals surface area (Å²) in [6.45, 7) is 1.76. The van der Waals surface area contributed by atoms with Gasteiger partial charge in [-0.2, -0.15) is 0 Å². The molecule has 6 rings (SSSR count). The van der Waals surface area contributed by atoms with E-state index in [1.807, 2.05) is 121 Å². The van der Waals surface area contributed by atoms with Crippen LogP contribution in [-0.2, 0) is 4.79 Å². The van der Waals surface area contributed by atoms with E-state index in [1.54, 1.807) is 36.4 Å². The first-order valence-corrected chi connectivity index (χ1v) is 17.5. The van der Waals surface area contributed by atoms with Gasteiger partial charge in [0.2, 0.25) is 0 Å². The number of phenols is 2. The van der Waals surface area contributed by atoms with Crippen molar-refractivity contribution in [1.82, 2.24) is 0 Å². The van der Waals surface area contributed by atoms with Crippen LogP contribution < -0.4 is 18.9 Å². The molecule has 0 aliphatic carbocycles. The number of ether oxygens (including phenoxy) is 4. The molecule has 7 nitrogen and oxygen atoms in total. The largest absolute Gasteiger partial charge is 0.507 e. The van der Waals surface area contributed by atoms with E-state index < -0.39 is 11.8 Å². The first-order chi connectivity index (χ1) is 25.6. The first-order valence-electron chi connectivity index (χ1n) is 17.5. The molecule has 2 atom stereocenters. The molecule has 0 amide bonds. The van der Waals surface area contributed by atoms with E-state index in [1.165, 1.54) is 0 Å². The van der Waals surface area contributed by atoms with Crippen molar-refractivity contribution < 1.29 is 34.0 Å². The lowest BCUT2D eigenvalue weighted by atomic mass is 9.76. The topological polar surface area (TPSA) is 94.5 Å². The SMILES string of the molecule is O=C(C(c1ccccc1)c1ccc(OCCCOc2ccccc2)cc1O)C(c1ccccc1)c1ccc(OCCCOc2ccccc2)cc1O. The summed E-state index contributed by atoms with van der Waals surface area (Å²) in [7, 11) is 0. The zero-order valence-electron chi connectivity index (χ0n) is 28.8. The lowest BCUT2D eigenvalue weighted by Gasteiger charge is -2.26. The van der Waals surface area contributed by atoms with E-state index >= 15 is 0 Å². The number of rotatable bonds is 18. The van der Waals surface area contributed by atoms with Crippen LogP contribution in [0.4, 0.5) is 0 Å². The fourth-order valence-corrected chi connectivity index (χ4v) is 6.08. The molecule has 0 saturated carbocycles. The van der Waals surface area contributed by atoms with E-state index in [0.29, 0.717) is 73.0 Å². The highest BCUT2D eigenvalue weighted by Gasteiger charge is 2.35. The zero-order valence-corrected chi connectivity index (χ0v) is 28.8. The highest BCUT2D eigenvalue weighted by molar-refractivity contribution is 5.98. The Bertz CT molecular complexity index is 1840. The zero-order chi connectivity index (χ0) is 36.0. The van der Waals surface area contributed by atoms with Crippen LogP contribution in [0.25, 0.3) is 0 Å². The minimum atomic E-state index is -0.848. The summed E-state index contributed by atoms with van der Waals surface area (Å²) in [5.74, 6) is 0.550. The summed E-state index contributed by atoms with van der Waals surface area (Å²) in [5.41, 5.74) is 2.31. The maximum atomic E-state index is 14.9. The van der Waals surface area contributed by atoms with Crippen LogP contribution in [0.15, 0.2) is 158 Å². The number of benzene rings is 6. The number of carbonyl (C=O) groups excluding carboxylic acids is 1.